The van der Waals surface area contributed by atoms with Gasteiger partial charge in [0.2, 0.25) is 0 Å². The summed E-state index contributed by atoms with van der Waals surface area (Å²) in [7, 11) is -4.64. The first-order chi connectivity index (χ1) is 6.93. The highest BCUT2D eigenvalue weighted by molar-refractivity contribution is 7.45. The standard InChI is InChI=1S/C9H11N.H3O4P/c1-2-8-10-9-6-4-3-5-7-9;1-5(2,3)4/h2-7,10H,1,8H2;(H3,1,2,3,4). The van der Waals surface area contributed by atoms with Gasteiger partial charge in [-0.05, 0) is 12.1 Å². The van der Waals surface area contributed by atoms with Gasteiger partial charge in [-0.25, -0.2) is 4.57 Å². The molecule has 0 heterocycles. The molecule has 0 amide bonds. The lowest BCUT2D eigenvalue weighted by Crippen LogP contribution is -1.96. The van der Waals surface area contributed by atoms with Gasteiger partial charge in [0.1, 0.15) is 0 Å². The lowest BCUT2D eigenvalue weighted by atomic mass is 10.3. The summed E-state index contributed by atoms with van der Waals surface area (Å²) in [5.74, 6) is 0. The highest BCUT2D eigenvalue weighted by Crippen LogP contribution is 2.25. The molecule has 1 aromatic carbocycles. The fourth-order valence-corrected chi connectivity index (χ4v) is 0.746. The van der Waals surface area contributed by atoms with E-state index in [1.165, 1.54) is 0 Å². The van der Waals surface area contributed by atoms with Crippen LogP contribution >= 0.6 is 7.82 Å². The molecule has 0 aromatic heterocycles. The van der Waals surface area contributed by atoms with Crippen molar-refractivity contribution in [3.05, 3.63) is 43.0 Å². The monoisotopic (exact) mass is 231 g/mol. The summed E-state index contributed by atoms with van der Waals surface area (Å²) in [5, 5.41) is 3.18. The molecule has 0 saturated carbocycles. The maximum atomic E-state index is 8.88. The Balaban J connectivity index is 0.000000336. The number of hydrogen-bond donors (Lipinski definition) is 4. The predicted octanol–water partition coefficient (Wildman–Crippen LogP) is 1.36. The Labute approximate surface area is 88.3 Å². The number of hydrogen-bond acceptors (Lipinski definition) is 2. The van der Waals surface area contributed by atoms with Crippen LogP contribution in [0.3, 0.4) is 0 Å². The molecule has 0 aliphatic carbocycles. The third kappa shape index (κ3) is 12.9. The summed E-state index contributed by atoms with van der Waals surface area (Å²) in [6, 6.07) is 10.1. The van der Waals surface area contributed by atoms with Crippen LogP contribution in [0.4, 0.5) is 5.69 Å². The van der Waals surface area contributed by atoms with Crippen LogP contribution in [0.25, 0.3) is 0 Å². The van der Waals surface area contributed by atoms with Crippen LogP contribution in [0, 0.1) is 0 Å². The van der Waals surface area contributed by atoms with Crippen molar-refractivity contribution in [2.24, 2.45) is 0 Å². The molecule has 84 valence electrons. The lowest BCUT2D eigenvalue weighted by molar-refractivity contribution is 0.275. The Bertz CT molecular complexity index is 314. The molecule has 6 heteroatoms. The normalized spacial score (nSPS) is 9.80. The van der Waals surface area contributed by atoms with Gasteiger partial charge < -0.3 is 20.0 Å². The molecule has 0 spiro atoms. The Morgan fingerprint density at radius 1 is 1.27 bits per heavy atom. The highest BCUT2D eigenvalue weighted by Gasteiger charge is 2.00. The molecule has 0 atom stereocenters. The van der Waals surface area contributed by atoms with E-state index in [2.05, 4.69) is 11.9 Å². The summed E-state index contributed by atoms with van der Waals surface area (Å²) < 4.78 is 8.88. The molecule has 0 aliphatic rings. The van der Waals surface area contributed by atoms with Crippen molar-refractivity contribution < 1.29 is 19.2 Å². The molecule has 0 fully saturated rings. The van der Waals surface area contributed by atoms with E-state index in [-0.39, 0.29) is 0 Å². The third-order valence-corrected chi connectivity index (χ3v) is 1.22. The van der Waals surface area contributed by atoms with Gasteiger partial charge in [-0.1, -0.05) is 24.3 Å². The van der Waals surface area contributed by atoms with Gasteiger partial charge in [-0.2, -0.15) is 0 Å². The van der Waals surface area contributed by atoms with Gasteiger partial charge in [0.05, 0.1) is 0 Å². The van der Waals surface area contributed by atoms with Gasteiger partial charge in [-0.3, -0.25) is 0 Å². The molecule has 1 rings (SSSR count). The fraction of sp³-hybridized carbons (Fsp3) is 0.111. The van der Waals surface area contributed by atoms with Crippen molar-refractivity contribution in [3.63, 3.8) is 0 Å². The predicted molar refractivity (Wildman–Crippen MR) is 59.4 cm³/mol. The Morgan fingerprint density at radius 2 is 1.73 bits per heavy atom. The van der Waals surface area contributed by atoms with E-state index in [1.807, 2.05) is 36.4 Å². The van der Waals surface area contributed by atoms with Crippen LogP contribution in [0.5, 0.6) is 0 Å². The van der Waals surface area contributed by atoms with Crippen LogP contribution in [0.2, 0.25) is 0 Å². The summed E-state index contributed by atoms with van der Waals surface area (Å²) in [5.41, 5.74) is 1.14. The first kappa shape index (κ1) is 13.9. The van der Waals surface area contributed by atoms with Crippen LogP contribution < -0.4 is 5.32 Å². The first-order valence-corrected chi connectivity index (χ1v) is 5.68. The van der Waals surface area contributed by atoms with Crippen molar-refractivity contribution >= 4 is 13.5 Å². The average molecular weight is 231 g/mol. The summed E-state index contributed by atoms with van der Waals surface area (Å²) >= 11 is 0. The van der Waals surface area contributed by atoms with Gasteiger partial charge >= 0.3 is 7.82 Å². The Morgan fingerprint density at radius 3 is 2.13 bits per heavy atom. The molecule has 0 bridgehead atoms. The zero-order valence-electron chi connectivity index (χ0n) is 8.08. The fourth-order valence-electron chi connectivity index (χ4n) is 0.746. The van der Waals surface area contributed by atoms with E-state index >= 15 is 0 Å². The third-order valence-electron chi connectivity index (χ3n) is 1.22. The molecular weight excluding hydrogens is 217 g/mol. The van der Waals surface area contributed by atoms with Crippen molar-refractivity contribution in [3.8, 4) is 0 Å². The molecule has 1 aromatic rings. The maximum Gasteiger partial charge on any atom is 0.466 e. The van der Waals surface area contributed by atoms with E-state index < -0.39 is 7.82 Å². The minimum Gasteiger partial charge on any atom is -0.382 e. The lowest BCUT2D eigenvalue weighted by Gasteiger charge is -2.00. The summed E-state index contributed by atoms with van der Waals surface area (Å²) in [4.78, 5) is 21.6. The van der Waals surface area contributed by atoms with Crippen LogP contribution in [0.15, 0.2) is 43.0 Å². The largest absolute Gasteiger partial charge is 0.466 e. The summed E-state index contributed by atoms with van der Waals surface area (Å²) in [6.45, 7) is 4.44. The van der Waals surface area contributed by atoms with Gasteiger partial charge in [0.15, 0.2) is 0 Å². The number of para-hydroxylation sites is 1. The number of benzene rings is 1. The molecule has 4 N–H and O–H groups in total. The average Bonchev–Trinajstić information content (AvgIpc) is 2.14. The molecule has 0 saturated heterocycles. The van der Waals surface area contributed by atoms with Gasteiger partial charge in [0, 0.05) is 12.2 Å². The van der Waals surface area contributed by atoms with E-state index in [9.17, 15) is 0 Å². The molecule has 5 nitrogen and oxygen atoms in total. The number of nitrogens with one attached hydrogen (secondary N) is 1. The Hall–Kier alpha value is -1.13. The van der Waals surface area contributed by atoms with E-state index in [1.54, 1.807) is 0 Å². The van der Waals surface area contributed by atoms with Crippen molar-refractivity contribution in [2.45, 2.75) is 0 Å². The second-order valence-electron chi connectivity index (χ2n) is 2.55. The maximum absolute atomic E-state index is 8.88. The number of anilines is 1. The van der Waals surface area contributed by atoms with E-state index in [0.717, 1.165) is 12.2 Å². The quantitative estimate of drug-likeness (QED) is 0.466. The highest BCUT2D eigenvalue weighted by atomic mass is 31.2. The van der Waals surface area contributed by atoms with Crippen LogP contribution in [0.1, 0.15) is 0 Å². The van der Waals surface area contributed by atoms with E-state index in [4.69, 9.17) is 19.2 Å². The van der Waals surface area contributed by atoms with E-state index in [0.29, 0.717) is 0 Å². The number of phosphoric acid groups is 1. The summed E-state index contributed by atoms with van der Waals surface area (Å²) in [6.07, 6.45) is 1.84. The minimum absolute atomic E-state index is 0.823. The Kier molecular flexibility index (Phi) is 6.66. The zero-order valence-corrected chi connectivity index (χ0v) is 8.97. The number of rotatable bonds is 3. The molecular formula is C9H14NO4P. The van der Waals surface area contributed by atoms with Crippen molar-refractivity contribution in [1.29, 1.82) is 0 Å². The van der Waals surface area contributed by atoms with Crippen LogP contribution in [-0.2, 0) is 4.57 Å². The van der Waals surface area contributed by atoms with Crippen molar-refractivity contribution in [2.75, 3.05) is 11.9 Å². The SMILES string of the molecule is C=CCNc1ccccc1.O=P(O)(O)O. The second-order valence-corrected chi connectivity index (χ2v) is 3.58. The molecule has 0 aliphatic heterocycles. The van der Waals surface area contributed by atoms with Crippen LogP contribution in [-0.4, -0.2) is 21.2 Å². The topological polar surface area (TPSA) is 89.8 Å². The van der Waals surface area contributed by atoms with Gasteiger partial charge in [0.25, 0.3) is 0 Å². The van der Waals surface area contributed by atoms with Gasteiger partial charge in [-0.15, -0.1) is 6.58 Å². The molecule has 15 heavy (non-hydrogen) atoms. The minimum atomic E-state index is -4.64. The molecule has 0 radical (unpaired) electrons. The smallest absolute Gasteiger partial charge is 0.382 e. The molecule has 0 unspecified atom stereocenters. The second kappa shape index (κ2) is 7.20. The van der Waals surface area contributed by atoms with Crippen molar-refractivity contribution in [1.82, 2.24) is 0 Å². The first-order valence-electron chi connectivity index (χ1n) is 4.11. The zero-order chi connectivity index (χ0) is 11.7.